The van der Waals surface area contributed by atoms with Crippen LogP contribution >= 0.6 is 0 Å². The van der Waals surface area contributed by atoms with E-state index in [0.717, 1.165) is 44.0 Å². The standard InChI is InChI=1S/C15H21F2NO2/c16-11-4-5-14(17)13(9-11)15(20)10-18-7-2-1-3-12(18)6-8-19/h4-5,9,12,15,19-20H,1-3,6-8,10H2. The molecule has 112 valence electrons. The second kappa shape index (κ2) is 7.11. The summed E-state index contributed by atoms with van der Waals surface area (Å²) in [5.41, 5.74) is -0.00155. The summed E-state index contributed by atoms with van der Waals surface area (Å²) >= 11 is 0. The lowest BCUT2D eigenvalue weighted by molar-refractivity contribution is 0.0548. The molecule has 2 N–H and O–H groups in total. The molecule has 0 amide bonds. The summed E-state index contributed by atoms with van der Waals surface area (Å²) < 4.78 is 26.8. The van der Waals surface area contributed by atoms with Gasteiger partial charge in [0, 0.05) is 24.8 Å². The van der Waals surface area contributed by atoms with E-state index >= 15 is 0 Å². The lowest BCUT2D eigenvalue weighted by atomic mass is 9.98. The molecule has 1 heterocycles. The summed E-state index contributed by atoms with van der Waals surface area (Å²) in [5, 5.41) is 19.2. The Bertz CT molecular complexity index is 440. The zero-order chi connectivity index (χ0) is 14.5. The van der Waals surface area contributed by atoms with Crippen molar-refractivity contribution < 1.29 is 19.0 Å². The van der Waals surface area contributed by atoms with Crippen molar-refractivity contribution in [3.63, 3.8) is 0 Å². The maximum Gasteiger partial charge on any atom is 0.129 e. The fourth-order valence-corrected chi connectivity index (χ4v) is 2.87. The largest absolute Gasteiger partial charge is 0.396 e. The molecule has 0 bridgehead atoms. The molecule has 2 atom stereocenters. The second-order valence-corrected chi connectivity index (χ2v) is 5.34. The van der Waals surface area contributed by atoms with Crippen LogP contribution in [-0.4, -0.2) is 40.9 Å². The molecule has 3 nitrogen and oxygen atoms in total. The van der Waals surface area contributed by atoms with E-state index in [2.05, 4.69) is 4.90 Å². The highest BCUT2D eigenvalue weighted by molar-refractivity contribution is 5.21. The van der Waals surface area contributed by atoms with E-state index in [1.807, 2.05) is 0 Å². The zero-order valence-corrected chi connectivity index (χ0v) is 11.4. The molecule has 1 saturated heterocycles. The van der Waals surface area contributed by atoms with E-state index < -0.39 is 17.7 Å². The molecule has 1 aromatic rings. The summed E-state index contributed by atoms with van der Waals surface area (Å²) in [6.07, 6.45) is 2.70. The van der Waals surface area contributed by atoms with Crippen molar-refractivity contribution in [2.75, 3.05) is 19.7 Å². The quantitative estimate of drug-likeness (QED) is 0.872. The van der Waals surface area contributed by atoms with Gasteiger partial charge in [-0.2, -0.15) is 0 Å². The van der Waals surface area contributed by atoms with Gasteiger partial charge in [-0.1, -0.05) is 6.42 Å². The third-order valence-corrected chi connectivity index (χ3v) is 3.94. The normalized spacial score (nSPS) is 21.9. The summed E-state index contributed by atoms with van der Waals surface area (Å²) in [5.74, 6) is -1.14. The van der Waals surface area contributed by atoms with E-state index in [-0.39, 0.29) is 24.8 Å². The predicted molar refractivity (Wildman–Crippen MR) is 72.2 cm³/mol. The number of benzene rings is 1. The van der Waals surface area contributed by atoms with Gasteiger partial charge in [0.1, 0.15) is 11.6 Å². The lowest BCUT2D eigenvalue weighted by Crippen LogP contribution is -2.42. The average molecular weight is 285 g/mol. The molecule has 0 radical (unpaired) electrons. The Kier molecular flexibility index (Phi) is 5.46. The van der Waals surface area contributed by atoms with E-state index in [9.17, 15) is 13.9 Å². The van der Waals surface area contributed by atoms with Gasteiger partial charge in [-0.15, -0.1) is 0 Å². The van der Waals surface area contributed by atoms with Crippen LogP contribution in [0.4, 0.5) is 8.78 Å². The Hall–Kier alpha value is -1.04. The van der Waals surface area contributed by atoms with Gasteiger partial charge in [0.15, 0.2) is 0 Å². The highest BCUT2D eigenvalue weighted by Crippen LogP contribution is 2.25. The number of piperidine rings is 1. The molecule has 1 aliphatic heterocycles. The number of hydrogen-bond donors (Lipinski definition) is 2. The molecule has 0 aliphatic carbocycles. The third kappa shape index (κ3) is 3.75. The van der Waals surface area contributed by atoms with Gasteiger partial charge in [0.05, 0.1) is 6.10 Å². The first-order valence-corrected chi connectivity index (χ1v) is 7.09. The fraction of sp³-hybridized carbons (Fsp3) is 0.600. The van der Waals surface area contributed by atoms with Crippen molar-refractivity contribution >= 4 is 0 Å². The molecule has 20 heavy (non-hydrogen) atoms. The molecule has 1 fully saturated rings. The van der Waals surface area contributed by atoms with Crippen molar-refractivity contribution in [3.05, 3.63) is 35.4 Å². The van der Waals surface area contributed by atoms with Gasteiger partial charge in [-0.3, -0.25) is 4.90 Å². The van der Waals surface area contributed by atoms with Crippen LogP contribution in [0.1, 0.15) is 37.4 Å². The first kappa shape index (κ1) is 15.4. The van der Waals surface area contributed by atoms with Gasteiger partial charge in [0.25, 0.3) is 0 Å². The molecule has 2 unspecified atom stereocenters. The third-order valence-electron chi connectivity index (χ3n) is 3.94. The van der Waals surface area contributed by atoms with Crippen molar-refractivity contribution in [2.45, 2.75) is 37.8 Å². The molecular formula is C15H21F2NO2. The summed E-state index contributed by atoms with van der Waals surface area (Å²) in [7, 11) is 0. The van der Waals surface area contributed by atoms with Gasteiger partial charge in [-0.25, -0.2) is 8.78 Å². The highest BCUT2D eigenvalue weighted by Gasteiger charge is 2.25. The maximum atomic E-state index is 13.6. The number of rotatable bonds is 5. The summed E-state index contributed by atoms with van der Waals surface area (Å²) in [6.45, 7) is 1.19. The van der Waals surface area contributed by atoms with E-state index in [4.69, 9.17) is 5.11 Å². The lowest BCUT2D eigenvalue weighted by Gasteiger charge is -2.36. The SMILES string of the molecule is OCCC1CCCCN1CC(O)c1cc(F)ccc1F. The molecule has 0 aromatic heterocycles. The van der Waals surface area contributed by atoms with Crippen LogP contribution in [0.3, 0.4) is 0 Å². The van der Waals surface area contributed by atoms with Crippen molar-refractivity contribution in [1.29, 1.82) is 0 Å². The molecule has 5 heteroatoms. The minimum Gasteiger partial charge on any atom is -0.396 e. The summed E-state index contributed by atoms with van der Waals surface area (Å²) in [6, 6.07) is 3.33. The number of aliphatic hydroxyl groups is 2. The topological polar surface area (TPSA) is 43.7 Å². The van der Waals surface area contributed by atoms with E-state index in [1.165, 1.54) is 0 Å². The van der Waals surface area contributed by atoms with Gasteiger partial charge < -0.3 is 10.2 Å². The maximum absolute atomic E-state index is 13.6. The monoisotopic (exact) mass is 285 g/mol. The number of aliphatic hydroxyl groups excluding tert-OH is 2. The minimum atomic E-state index is -1.05. The Morgan fingerprint density at radius 1 is 1.30 bits per heavy atom. The molecule has 2 rings (SSSR count). The van der Waals surface area contributed by atoms with Gasteiger partial charge in [0.2, 0.25) is 0 Å². The molecule has 1 aromatic carbocycles. The van der Waals surface area contributed by atoms with Crippen molar-refractivity contribution in [2.24, 2.45) is 0 Å². The Morgan fingerprint density at radius 3 is 2.85 bits per heavy atom. The van der Waals surface area contributed by atoms with Gasteiger partial charge >= 0.3 is 0 Å². The van der Waals surface area contributed by atoms with Crippen LogP contribution in [0.2, 0.25) is 0 Å². The summed E-state index contributed by atoms with van der Waals surface area (Å²) in [4.78, 5) is 2.06. The number of halogens is 2. The first-order chi connectivity index (χ1) is 9.61. The van der Waals surface area contributed by atoms with Crippen LogP contribution in [0, 0.1) is 11.6 Å². The second-order valence-electron chi connectivity index (χ2n) is 5.34. The Balaban J connectivity index is 2.05. The van der Waals surface area contributed by atoms with Crippen molar-refractivity contribution in [3.8, 4) is 0 Å². The van der Waals surface area contributed by atoms with E-state index in [0.29, 0.717) is 6.42 Å². The molecular weight excluding hydrogens is 264 g/mol. The van der Waals surface area contributed by atoms with Crippen LogP contribution in [0.25, 0.3) is 0 Å². The highest BCUT2D eigenvalue weighted by atomic mass is 19.1. The fourth-order valence-electron chi connectivity index (χ4n) is 2.87. The molecule has 0 spiro atoms. The smallest absolute Gasteiger partial charge is 0.129 e. The van der Waals surface area contributed by atoms with Crippen LogP contribution in [0.5, 0.6) is 0 Å². The average Bonchev–Trinajstić information content (AvgIpc) is 2.44. The van der Waals surface area contributed by atoms with Crippen LogP contribution in [0.15, 0.2) is 18.2 Å². The minimum absolute atomic E-state index is 0.00155. The Morgan fingerprint density at radius 2 is 2.10 bits per heavy atom. The number of likely N-dealkylation sites (tertiary alicyclic amines) is 1. The first-order valence-electron chi connectivity index (χ1n) is 7.09. The number of nitrogens with zero attached hydrogens (tertiary/aromatic N) is 1. The zero-order valence-electron chi connectivity index (χ0n) is 11.4. The van der Waals surface area contributed by atoms with E-state index in [1.54, 1.807) is 0 Å². The predicted octanol–water partition coefficient (Wildman–Crippen LogP) is 2.24. The molecule has 0 saturated carbocycles. The number of hydrogen-bond acceptors (Lipinski definition) is 3. The number of β-amino-alcohol motifs (C(OH)–C–C–N with tert-alkyl or cyclic N) is 1. The Labute approximate surface area is 117 Å². The van der Waals surface area contributed by atoms with Crippen LogP contribution < -0.4 is 0 Å². The van der Waals surface area contributed by atoms with Crippen LogP contribution in [-0.2, 0) is 0 Å². The van der Waals surface area contributed by atoms with Crippen molar-refractivity contribution in [1.82, 2.24) is 4.90 Å². The molecule has 1 aliphatic rings. The van der Waals surface area contributed by atoms with Gasteiger partial charge in [-0.05, 0) is 44.0 Å².